The average Bonchev–Trinajstić information content (AvgIpc) is 2.81. The molecule has 0 spiro atoms. The van der Waals surface area contributed by atoms with Crippen molar-refractivity contribution >= 4 is 5.97 Å². The number of halogens is 17. The lowest BCUT2D eigenvalue weighted by molar-refractivity contribution is -0.465. The fourth-order valence-corrected chi connectivity index (χ4v) is 2.69. The first-order chi connectivity index (χ1) is 17.7. The Morgan fingerprint density at radius 1 is 0.683 bits per heavy atom. The van der Waals surface area contributed by atoms with Crippen LogP contribution in [0.5, 0.6) is 0 Å². The van der Waals surface area contributed by atoms with Crippen LogP contribution >= 0.6 is 0 Å². The van der Waals surface area contributed by atoms with Crippen LogP contribution in [0.4, 0.5) is 74.6 Å². The normalized spacial score (nSPS) is 17.4. The van der Waals surface area contributed by atoms with Crippen molar-refractivity contribution in [2.24, 2.45) is 5.41 Å². The molecule has 0 saturated heterocycles. The van der Waals surface area contributed by atoms with E-state index in [1.165, 1.54) is 0 Å². The Kier molecular flexibility index (Phi) is 12.3. The topological polar surface area (TPSA) is 77.8 Å². The van der Waals surface area contributed by atoms with E-state index in [0.29, 0.717) is 20.5 Å². The first-order valence-corrected chi connectivity index (χ1v) is 10.6. The third-order valence-corrected chi connectivity index (χ3v) is 5.58. The van der Waals surface area contributed by atoms with Crippen molar-refractivity contribution in [3.05, 3.63) is 11.6 Å². The predicted molar refractivity (Wildman–Crippen MR) is 104 cm³/mol. The van der Waals surface area contributed by atoms with Gasteiger partial charge in [-0.15, -0.1) is 0 Å². The molecular formula is C20H23F17O4. The zero-order valence-electron chi connectivity index (χ0n) is 21.0. The molecule has 0 aliphatic rings. The smallest absolute Gasteiger partial charge is 0.460 e. The fourth-order valence-electron chi connectivity index (χ4n) is 2.69. The van der Waals surface area contributed by atoms with Crippen molar-refractivity contribution in [1.29, 1.82) is 0 Å². The lowest BCUT2D eigenvalue weighted by Crippen LogP contribution is -2.75. The monoisotopic (exact) mass is 650 g/mol. The number of hydrogen-bond donors (Lipinski definition) is 3. The Morgan fingerprint density at radius 3 is 1.22 bits per heavy atom. The highest BCUT2D eigenvalue weighted by atomic mass is 19.4. The molecule has 0 bridgehead atoms. The van der Waals surface area contributed by atoms with Gasteiger partial charge in [0.1, 0.15) is 6.10 Å². The van der Waals surface area contributed by atoms with Crippen LogP contribution in [-0.2, 0) is 4.79 Å². The van der Waals surface area contributed by atoms with Gasteiger partial charge in [0.05, 0.1) is 0 Å². The Hall–Kier alpha value is -2.06. The molecule has 21 heteroatoms. The fraction of sp³-hybridized carbons (Fsp3) is 0.850. The molecule has 0 aromatic rings. The molecule has 2 atom stereocenters. The molecule has 0 fully saturated rings. The molecule has 0 radical (unpaired) electrons. The Labute approximate surface area is 219 Å². The lowest BCUT2D eigenvalue weighted by atomic mass is 9.74. The van der Waals surface area contributed by atoms with E-state index < -0.39 is 77.1 Å². The molecule has 0 heterocycles. The summed E-state index contributed by atoms with van der Waals surface area (Å²) < 4.78 is 227. The number of rotatable bonds is 12. The molecule has 0 aromatic carbocycles. The summed E-state index contributed by atoms with van der Waals surface area (Å²) in [6.07, 6.45) is -12.4. The molecule has 0 aromatic heterocycles. The van der Waals surface area contributed by atoms with Gasteiger partial charge in [0.25, 0.3) is 0 Å². The molecule has 41 heavy (non-hydrogen) atoms. The molecule has 0 aliphatic carbocycles. The summed E-state index contributed by atoms with van der Waals surface area (Å²) in [6, 6.07) is 0. The van der Waals surface area contributed by atoms with Gasteiger partial charge in [-0.2, -0.15) is 74.6 Å². The molecule has 0 aliphatic heterocycles. The van der Waals surface area contributed by atoms with Crippen molar-refractivity contribution in [1.82, 2.24) is 0 Å². The minimum absolute atomic E-state index is 0.0346. The third kappa shape index (κ3) is 6.64. The summed E-state index contributed by atoms with van der Waals surface area (Å²) >= 11 is 0. The second kappa shape index (κ2) is 12.3. The van der Waals surface area contributed by atoms with E-state index in [9.17, 15) is 84.5 Å². The lowest BCUT2D eigenvalue weighted by Gasteiger charge is -2.45. The molecular weight excluding hydrogens is 627 g/mol. The van der Waals surface area contributed by atoms with Gasteiger partial charge in [-0.05, 0) is 19.8 Å². The first-order valence-electron chi connectivity index (χ1n) is 10.6. The number of aliphatic hydroxyl groups excluding tert-OH is 2. The molecule has 2 unspecified atom stereocenters. The molecule has 0 amide bonds. The van der Waals surface area contributed by atoms with Gasteiger partial charge >= 0.3 is 53.6 Å². The van der Waals surface area contributed by atoms with Gasteiger partial charge in [0, 0.05) is 17.6 Å². The summed E-state index contributed by atoms with van der Waals surface area (Å²) in [5.41, 5.74) is -4.11. The van der Waals surface area contributed by atoms with Crippen LogP contribution in [0.1, 0.15) is 40.5 Å². The summed E-state index contributed by atoms with van der Waals surface area (Å²) in [4.78, 5) is 10.8. The van der Waals surface area contributed by atoms with Gasteiger partial charge in [-0.25, -0.2) is 4.79 Å². The largest absolute Gasteiger partial charge is 0.478 e. The summed E-state index contributed by atoms with van der Waals surface area (Å²) in [5.74, 6) is -60.1. The summed E-state index contributed by atoms with van der Waals surface area (Å²) in [7, 11) is 0. The quantitative estimate of drug-likeness (QED) is 0.154. The van der Waals surface area contributed by atoms with Crippen LogP contribution in [0.3, 0.4) is 0 Å². The minimum Gasteiger partial charge on any atom is -0.478 e. The molecule has 246 valence electrons. The number of hydrogen-bond acceptors (Lipinski definition) is 3. The Bertz CT molecular complexity index is 925. The zero-order valence-corrected chi connectivity index (χ0v) is 21.0. The van der Waals surface area contributed by atoms with E-state index in [4.69, 9.17) is 10.2 Å². The molecule has 0 rings (SSSR count). The number of alkyl halides is 17. The highest BCUT2D eigenvalue weighted by molar-refractivity contribution is 5.85. The van der Waals surface area contributed by atoms with E-state index in [1.54, 1.807) is 0 Å². The van der Waals surface area contributed by atoms with Crippen molar-refractivity contribution in [3.63, 3.8) is 0 Å². The first kappa shape index (κ1) is 41.1. The highest BCUT2D eigenvalue weighted by Crippen LogP contribution is 2.64. The molecule has 0 saturated carbocycles. The maximum Gasteiger partial charge on any atom is 0.460 e. The van der Waals surface area contributed by atoms with Crippen molar-refractivity contribution in [2.45, 2.75) is 94.3 Å². The molecule has 3 N–H and O–H groups in total. The van der Waals surface area contributed by atoms with Crippen LogP contribution in [-0.4, -0.2) is 81.6 Å². The second-order valence-corrected chi connectivity index (χ2v) is 8.69. The number of aliphatic hydroxyl groups is 2. The SMILES string of the molecule is CCC(C)(C=C(C)C(=O)O)C(O)C(F)(F)C(F)(F)C(F)(F)C(F)(F)C(F)(F)C(F)(F)C(F)(F)C(F)(F)F.CCCO. The average molecular weight is 650 g/mol. The number of carboxylic acids is 1. The van der Waals surface area contributed by atoms with Gasteiger partial charge in [0.15, 0.2) is 0 Å². The maximum atomic E-state index is 14.3. The number of carboxylic acid groups (broad SMARTS) is 1. The van der Waals surface area contributed by atoms with Gasteiger partial charge in [-0.3, -0.25) is 0 Å². The standard InChI is InChI=1S/C17H15F17O3.C3H8O/c1-4-9(3,5-6(2)7(35)36)8(37)10(18,19)11(20,21)12(22,23)13(24,25)14(26,27)15(28,29)16(30,31)17(32,33)34;1-2-3-4/h5,8,37H,4H2,1-3H3,(H,35,36);4H,2-3H2,1H3. The van der Waals surface area contributed by atoms with Crippen LogP contribution < -0.4 is 0 Å². The van der Waals surface area contributed by atoms with Crippen LogP contribution in [0, 0.1) is 5.41 Å². The van der Waals surface area contributed by atoms with E-state index in [0.717, 1.165) is 6.42 Å². The number of carbonyl (C=O) groups is 1. The van der Waals surface area contributed by atoms with Crippen LogP contribution in [0.2, 0.25) is 0 Å². The van der Waals surface area contributed by atoms with Crippen molar-refractivity contribution in [3.8, 4) is 0 Å². The third-order valence-electron chi connectivity index (χ3n) is 5.58. The second-order valence-electron chi connectivity index (χ2n) is 8.69. The Morgan fingerprint density at radius 2 is 0.976 bits per heavy atom. The number of aliphatic carboxylic acids is 1. The van der Waals surface area contributed by atoms with Gasteiger partial charge in [0.2, 0.25) is 0 Å². The predicted octanol–water partition coefficient (Wildman–Crippen LogP) is 7.19. The summed E-state index contributed by atoms with van der Waals surface area (Å²) in [6.45, 7) is 3.80. The van der Waals surface area contributed by atoms with Gasteiger partial charge < -0.3 is 15.3 Å². The highest BCUT2D eigenvalue weighted by Gasteiger charge is 2.95. The van der Waals surface area contributed by atoms with Crippen LogP contribution in [0.25, 0.3) is 0 Å². The minimum atomic E-state index is -8.78. The van der Waals surface area contributed by atoms with Gasteiger partial charge in [-0.1, -0.05) is 26.8 Å². The van der Waals surface area contributed by atoms with Crippen molar-refractivity contribution < 1.29 is 94.8 Å². The molecule has 4 nitrogen and oxygen atoms in total. The summed E-state index contributed by atoms with van der Waals surface area (Å²) in [5, 5.41) is 26.2. The Balaban J connectivity index is 0. The maximum absolute atomic E-state index is 14.3. The van der Waals surface area contributed by atoms with E-state index in [-0.39, 0.29) is 13.0 Å². The van der Waals surface area contributed by atoms with E-state index >= 15 is 0 Å². The zero-order chi connectivity index (χ0) is 34.1. The van der Waals surface area contributed by atoms with Crippen molar-refractivity contribution in [2.75, 3.05) is 6.61 Å². The van der Waals surface area contributed by atoms with E-state index in [2.05, 4.69) is 0 Å². The van der Waals surface area contributed by atoms with Crippen LogP contribution in [0.15, 0.2) is 11.6 Å². The van der Waals surface area contributed by atoms with E-state index in [1.807, 2.05) is 6.92 Å².